The molecule has 0 saturated carbocycles. The van der Waals surface area contributed by atoms with Gasteiger partial charge in [0, 0.05) is 5.56 Å². The summed E-state index contributed by atoms with van der Waals surface area (Å²) in [4.78, 5) is 13.5. The molecule has 228 valence electrons. The number of carbonyl (C=O) groups excluding carboxylic acids is 1. The maximum absolute atomic E-state index is 13.5. The van der Waals surface area contributed by atoms with E-state index in [4.69, 9.17) is 4.43 Å². The molecule has 0 saturated heterocycles. The summed E-state index contributed by atoms with van der Waals surface area (Å²) in [6.45, 7) is 12.1. The van der Waals surface area contributed by atoms with Crippen LogP contribution in [0.25, 0.3) is 0 Å². The Balaban J connectivity index is 2.07. The molecule has 1 N–H and O–H groups in total. The van der Waals surface area contributed by atoms with Gasteiger partial charge in [0.2, 0.25) is 0 Å². The lowest BCUT2D eigenvalue weighted by Gasteiger charge is -2.41. The van der Waals surface area contributed by atoms with Crippen molar-refractivity contribution in [3.05, 3.63) is 95.6 Å². The third-order valence-corrected chi connectivity index (χ3v) is 14.7. The highest BCUT2D eigenvalue weighted by Gasteiger charge is 2.41. The Morgan fingerprint density at radius 1 is 0.810 bits per heavy atom. The van der Waals surface area contributed by atoms with Crippen molar-refractivity contribution in [1.82, 2.24) is 5.32 Å². The van der Waals surface area contributed by atoms with Gasteiger partial charge in [-0.1, -0.05) is 81.4 Å². The zero-order chi connectivity index (χ0) is 31.5. The van der Waals surface area contributed by atoms with Crippen LogP contribution in [-0.2, 0) is 16.8 Å². The second-order valence-electron chi connectivity index (χ2n) is 11.7. The van der Waals surface area contributed by atoms with E-state index in [9.17, 15) is 31.1 Å². The van der Waals surface area contributed by atoms with Crippen LogP contribution in [0.5, 0.6) is 0 Å². The van der Waals surface area contributed by atoms with Crippen molar-refractivity contribution in [2.75, 3.05) is 6.16 Å². The second kappa shape index (κ2) is 12.9. The van der Waals surface area contributed by atoms with E-state index in [2.05, 4.69) is 26.1 Å². The van der Waals surface area contributed by atoms with Crippen LogP contribution in [0.3, 0.4) is 0 Å². The number of amides is 1. The number of hydrogen-bond acceptors (Lipinski definition) is 2. The summed E-state index contributed by atoms with van der Waals surface area (Å²) < 4.78 is 87.7. The Morgan fingerprint density at radius 3 is 1.62 bits per heavy atom. The van der Waals surface area contributed by atoms with E-state index in [0.717, 1.165) is 10.6 Å². The molecule has 3 rings (SSSR count). The lowest BCUT2D eigenvalue weighted by molar-refractivity contribution is -0.143. The van der Waals surface area contributed by atoms with Gasteiger partial charge in [-0.3, -0.25) is 4.79 Å². The summed E-state index contributed by atoms with van der Waals surface area (Å²) >= 11 is 0. The molecule has 0 radical (unpaired) electrons. The molecule has 0 aliphatic heterocycles. The zero-order valence-corrected chi connectivity index (χ0v) is 26.3. The summed E-state index contributed by atoms with van der Waals surface area (Å²) in [5.74, 6) is -1.03. The Labute approximate surface area is 245 Å². The largest absolute Gasteiger partial charge is 0.416 e. The molecule has 42 heavy (non-hydrogen) atoms. The molecule has 3 nitrogen and oxygen atoms in total. The number of nitrogens with one attached hydrogen (secondary N) is 1. The van der Waals surface area contributed by atoms with Crippen LogP contribution >= 0.6 is 7.92 Å². The maximum Gasteiger partial charge on any atom is 0.416 e. The van der Waals surface area contributed by atoms with Crippen molar-refractivity contribution in [3.63, 3.8) is 0 Å². The lowest BCUT2D eigenvalue weighted by atomic mass is 10.0. The van der Waals surface area contributed by atoms with Gasteiger partial charge in [0.05, 0.1) is 23.3 Å². The van der Waals surface area contributed by atoms with Gasteiger partial charge in [0.1, 0.15) is 0 Å². The van der Waals surface area contributed by atoms with Crippen molar-refractivity contribution in [2.24, 2.45) is 0 Å². The molecule has 0 aliphatic carbocycles. The fourth-order valence-electron chi connectivity index (χ4n) is 4.15. The monoisotopic (exact) mass is 627 g/mol. The summed E-state index contributed by atoms with van der Waals surface area (Å²) in [5, 5.41) is 4.62. The van der Waals surface area contributed by atoms with Crippen LogP contribution in [-0.4, -0.2) is 32.5 Å². The topological polar surface area (TPSA) is 38.3 Å². The summed E-state index contributed by atoms with van der Waals surface area (Å²) in [6, 6.07) is 19.5. The van der Waals surface area contributed by atoms with Crippen molar-refractivity contribution >= 4 is 32.8 Å². The van der Waals surface area contributed by atoms with E-state index in [1.165, 1.54) is 0 Å². The molecule has 3 aromatic rings. The number of hydrogen-bond donors (Lipinski definition) is 1. The van der Waals surface area contributed by atoms with Crippen LogP contribution < -0.4 is 15.9 Å². The Morgan fingerprint density at radius 2 is 1.24 bits per heavy atom. The highest BCUT2D eigenvalue weighted by Crippen LogP contribution is 2.40. The predicted molar refractivity (Wildman–Crippen MR) is 159 cm³/mol. The van der Waals surface area contributed by atoms with Crippen molar-refractivity contribution in [1.29, 1.82) is 0 Å². The molecule has 3 aromatic carbocycles. The standard InChI is InChI=1S/C31H36F6NO2PSi/c1-21(40-42(5,6)29(2,3)4)27(20-41(25-13-9-7-10-14-25)26-15-11-8-12-16-26)38-28(39)22-17-23(30(32,33)34)19-24(18-22)31(35,36)37/h7-19,21,27H,20H2,1-6H3,(H,38,39). The fraction of sp³-hybridized carbons (Fsp3) is 0.387. The first-order valence-corrected chi connectivity index (χ1v) is 17.9. The molecule has 0 fully saturated rings. The van der Waals surface area contributed by atoms with E-state index in [-0.39, 0.29) is 11.1 Å². The number of alkyl halides is 6. The zero-order valence-electron chi connectivity index (χ0n) is 24.4. The molecule has 2 unspecified atom stereocenters. The first-order valence-electron chi connectivity index (χ1n) is 13.5. The average Bonchev–Trinajstić information content (AvgIpc) is 2.89. The normalized spacial score (nSPS) is 14.5. The first kappa shape index (κ1) is 33.8. The fourth-order valence-corrected chi connectivity index (χ4v) is 8.16. The van der Waals surface area contributed by atoms with Gasteiger partial charge < -0.3 is 9.74 Å². The van der Waals surface area contributed by atoms with Crippen LogP contribution in [0.4, 0.5) is 26.3 Å². The summed E-state index contributed by atoms with van der Waals surface area (Å²) in [5.41, 5.74) is -3.80. The van der Waals surface area contributed by atoms with Crippen molar-refractivity contribution < 1.29 is 35.6 Å². The van der Waals surface area contributed by atoms with Crippen LogP contribution in [0.2, 0.25) is 18.1 Å². The second-order valence-corrected chi connectivity index (χ2v) is 18.7. The van der Waals surface area contributed by atoms with Gasteiger partial charge >= 0.3 is 12.4 Å². The van der Waals surface area contributed by atoms with E-state index >= 15 is 0 Å². The minimum atomic E-state index is -5.07. The van der Waals surface area contributed by atoms with Crippen LogP contribution in [0, 0.1) is 0 Å². The van der Waals surface area contributed by atoms with E-state index in [1.807, 2.05) is 73.8 Å². The SMILES string of the molecule is CC(O[Si](C)(C)C(C)(C)C)C(CP(c1ccccc1)c1ccccc1)NC(=O)c1cc(C(F)(F)F)cc(C(F)(F)F)c1. The highest BCUT2D eigenvalue weighted by atomic mass is 31.1. The van der Waals surface area contributed by atoms with Gasteiger partial charge in [0.25, 0.3) is 5.91 Å². The predicted octanol–water partition coefficient (Wildman–Crippen LogP) is 8.37. The van der Waals surface area contributed by atoms with Gasteiger partial charge in [0.15, 0.2) is 8.32 Å². The molecule has 0 spiro atoms. The minimum absolute atomic E-state index is 0.0154. The van der Waals surface area contributed by atoms with Gasteiger partial charge in [-0.05, 0) is 67.9 Å². The Hall–Kier alpha value is -2.68. The van der Waals surface area contributed by atoms with Crippen molar-refractivity contribution in [2.45, 2.75) is 70.3 Å². The minimum Gasteiger partial charge on any atom is -0.412 e. The maximum atomic E-state index is 13.5. The van der Waals surface area contributed by atoms with Crippen molar-refractivity contribution in [3.8, 4) is 0 Å². The number of benzene rings is 3. The number of carbonyl (C=O) groups is 1. The number of rotatable bonds is 9. The number of halogens is 6. The van der Waals surface area contributed by atoms with Crippen LogP contribution in [0.1, 0.15) is 49.2 Å². The molecular weight excluding hydrogens is 591 g/mol. The van der Waals surface area contributed by atoms with Gasteiger partial charge in [-0.25, -0.2) is 0 Å². The highest BCUT2D eigenvalue weighted by molar-refractivity contribution is 7.73. The quantitative estimate of drug-likeness (QED) is 0.147. The van der Waals surface area contributed by atoms with E-state index < -0.39 is 63.3 Å². The smallest absolute Gasteiger partial charge is 0.412 e. The molecule has 1 amide bonds. The third-order valence-electron chi connectivity index (χ3n) is 7.53. The first-order chi connectivity index (χ1) is 19.3. The lowest BCUT2D eigenvalue weighted by Crippen LogP contribution is -2.52. The van der Waals surface area contributed by atoms with Crippen LogP contribution in [0.15, 0.2) is 78.9 Å². The molecule has 11 heteroatoms. The van der Waals surface area contributed by atoms with E-state index in [0.29, 0.717) is 18.3 Å². The Kier molecular flexibility index (Phi) is 10.4. The third kappa shape index (κ3) is 8.68. The molecule has 0 bridgehead atoms. The van der Waals surface area contributed by atoms with Gasteiger partial charge in [-0.15, -0.1) is 0 Å². The summed E-state index contributed by atoms with van der Waals surface area (Å²) in [7, 11) is -3.46. The van der Waals surface area contributed by atoms with Gasteiger partial charge in [-0.2, -0.15) is 26.3 Å². The molecule has 0 heterocycles. The average molecular weight is 628 g/mol. The van der Waals surface area contributed by atoms with E-state index in [1.54, 1.807) is 6.92 Å². The molecule has 2 atom stereocenters. The molecular formula is C31H36F6NO2PSi. The molecule has 0 aliphatic rings. The Bertz CT molecular complexity index is 1270. The molecule has 0 aromatic heterocycles. The summed E-state index contributed by atoms with van der Waals surface area (Å²) in [6.07, 6.45) is -10.4.